The second-order valence-corrected chi connectivity index (χ2v) is 10.2. The highest BCUT2D eigenvalue weighted by Crippen LogP contribution is 2.34. The number of nitrogens with zero attached hydrogens (tertiary/aromatic N) is 1. The van der Waals surface area contributed by atoms with Gasteiger partial charge in [-0.15, -0.1) is 0 Å². The predicted octanol–water partition coefficient (Wildman–Crippen LogP) is 4.95. The van der Waals surface area contributed by atoms with Gasteiger partial charge in [-0.05, 0) is 60.9 Å². The fraction of sp³-hybridized carbons (Fsp3) is 0.312. The number of benzene rings is 3. The van der Waals surface area contributed by atoms with Crippen molar-refractivity contribution in [3.63, 3.8) is 0 Å². The molecule has 10 heteroatoms. The van der Waals surface area contributed by atoms with E-state index in [0.29, 0.717) is 41.5 Å². The van der Waals surface area contributed by atoms with Crippen molar-refractivity contribution < 1.29 is 28.7 Å². The minimum absolute atomic E-state index is 0.0818. The summed E-state index contributed by atoms with van der Waals surface area (Å²) in [5.74, 6) is -0.812. The number of anilines is 3. The molecule has 220 valence electrons. The summed E-state index contributed by atoms with van der Waals surface area (Å²) in [4.78, 5) is 51.5. The smallest absolute Gasteiger partial charge is 0.323 e. The van der Waals surface area contributed by atoms with Gasteiger partial charge >= 0.3 is 12.0 Å². The van der Waals surface area contributed by atoms with Crippen LogP contribution in [-0.2, 0) is 25.5 Å². The first-order valence-electron chi connectivity index (χ1n) is 13.8. The lowest BCUT2D eigenvalue weighted by Crippen LogP contribution is -2.28. The largest absolute Gasteiger partial charge is 0.495 e. The van der Waals surface area contributed by atoms with Crippen LogP contribution >= 0.6 is 0 Å². The average Bonchev–Trinajstić information content (AvgIpc) is 3.42. The third kappa shape index (κ3) is 7.45. The van der Waals surface area contributed by atoms with E-state index >= 15 is 0 Å². The van der Waals surface area contributed by atoms with Crippen LogP contribution in [0.5, 0.6) is 5.75 Å². The molecule has 1 saturated heterocycles. The zero-order valence-corrected chi connectivity index (χ0v) is 24.2. The van der Waals surface area contributed by atoms with Gasteiger partial charge < -0.3 is 30.3 Å². The summed E-state index contributed by atoms with van der Waals surface area (Å²) in [6, 6.07) is 19.5. The summed E-state index contributed by atoms with van der Waals surface area (Å²) < 4.78 is 10.7. The highest BCUT2D eigenvalue weighted by molar-refractivity contribution is 6.01. The van der Waals surface area contributed by atoms with Crippen molar-refractivity contribution in [1.29, 1.82) is 0 Å². The third-order valence-electron chi connectivity index (χ3n) is 7.25. The van der Waals surface area contributed by atoms with Gasteiger partial charge in [0.1, 0.15) is 5.75 Å². The number of aryl methyl sites for hydroxylation is 1. The zero-order chi connectivity index (χ0) is 30.2. The van der Waals surface area contributed by atoms with Crippen molar-refractivity contribution >= 4 is 40.9 Å². The molecule has 42 heavy (non-hydrogen) atoms. The topological polar surface area (TPSA) is 126 Å². The average molecular weight is 573 g/mol. The molecule has 1 aliphatic heterocycles. The standard InChI is InChI=1S/C32H36N4O6/c1-5-42-31(39)26-19-36(21(3)37)18-25(26)23-11-13-24(14-12-23)33-30(38)17-22-10-15-28(29(16-22)41-4)35-32(40)34-27-9-7-6-8-20(27)2/h6-16,25-26H,5,17-19H2,1-4H3,(H,33,38)(H2,34,35,40). The number of esters is 1. The number of likely N-dealkylation sites (tertiary alicyclic amines) is 1. The maximum atomic E-state index is 12.8. The van der Waals surface area contributed by atoms with E-state index in [4.69, 9.17) is 9.47 Å². The molecule has 1 fully saturated rings. The number of amides is 4. The van der Waals surface area contributed by atoms with Crippen LogP contribution in [-0.4, -0.2) is 55.5 Å². The van der Waals surface area contributed by atoms with Gasteiger partial charge in [0.05, 0.1) is 31.7 Å². The molecule has 2 unspecified atom stereocenters. The van der Waals surface area contributed by atoms with E-state index in [-0.39, 0.29) is 36.7 Å². The number of carbonyl (C=O) groups is 4. The minimum Gasteiger partial charge on any atom is -0.495 e. The fourth-order valence-electron chi connectivity index (χ4n) is 5.03. The number of hydrogen-bond donors (Lipinski definition) is 3. The lowest BCUT2D eigenvalue weighted by molar-refractivity contribution is -0.148. The van der Waals surface area contributed by atoms with Gasteiger partial charge in [-0.3, -0.25) is 14.4 Å². The van der Waals surface area contributed by atoms with Crippen LogP contribution in [0.15, 0.2) is 66.7 Å². The Morgan fingerprint density at radius 1 is 0.905 bits per heavy atom. The zero-order valence-electron chi connectivity index (χ0n) is 24.2. The number of para-hydroxylation sites is 1. The Morgan fingerprint density at radius 3 is 2.29 bits per heavy atom. The van der Waals surface area contributed by atoms with E-state index in [9.17, 15) is 19.2 Å². The number of rotatable bonds is 9. The molecule has 1 aliphatic rings. The monoisotopic (exact) mass is 572 g/mol. The highest BCUT2D eigenvalue weighted by Gasteiger charge is 2.40. The van der Waals surface area contributed by atoms with Crippen molar-refractivity contribution in [2.75, 3.05) is 42.8 Å². The molecule has 0 aliphatic carbocycles. The number of ether oxygens (including phenoxy) is 2. The summed E-state index contributed by atoms with van der Waals surface area (Å²) in [6.07, 6.45) is 0.0922. The van der Waals surface area contributed by atoms with Gasteiger partial charge in [0.15, 0.2) is 0 Å². The summed E-state index contributed by atoms with van der Waals surface area (Å²) >= 11 is 0. The van der Waals surface area contributed by atoms with E-state index in [1.807, 2.05) is 43.3 Å². The van der Waals surface area contributed by atoms with Gasteiger partial charge in [0.25, 0.3) is 0 Å². The van der Waals surface area contributed by atoms with Crippen LogP contribution < -0.4 is 20.7 Å². The molecule has 4 amide bonds. The summed E-state index contributed by atoms with van der Waals surface area (Å²) in [7, 11) is 1.50. The van der Waals surface area contributed by atoms with Crippen molar-refractivity contribution in [3.05, 3.63) is 83.4 Å². The number of methoxy groups -OCH3 is 1. The number of nitrogens with one attached hydrogen (secondary N) is 3. The van der Waals surface area contributed by atoms with E-state index in [1.165, 1.54) is 14.0 Å². The van der Waals surface area contributed by atoms with Gasteiger partial charge in [-0.1, -0.05) is 36.4 Å². The molecule has 0 bridgehead atoms. The first-order valence-corrected chi connectivity index (χ1v) is 13.8. The van der Waals surface area contributed by atoms with E-state index in [0.717, 1.165) is 11.1 Å². The summed E-state index contributed by atoms with van der Waals surface area (Å²) in [5, 5.41) is 8.49. The minimum atomic E-state index is -0.435. The van der Waals surface area contributed by atoms with Crippen LogP contribution in [0.1, 0.15) is 36.5 Å². The Morgan fingerprint density at radius 2 is 1.62 bits per heavy atom. The molecule has 0 spiro atoms. The van der Waals surface area contributed by atoms with Crippen molar-refractivity contribution in [3.8, 4) is 5.75 Å². The maximum Gasteiger partial charge on any atom is 0.323 e. The van der Waals surface area contributed by atoms with Crippen LogP contribution in [0.2, 0.25) is 0 Å². The molecule has 0 aromatic heterocycles. The number of hydrogen-bond acceptors (Lipinski definition) is 6. The Hall–Kier alpha value is -4.86. The molecule has 0 radical (unpaired) electrons. The van der Waals surface area contributed by atoms with E-state index < -0.39 is 11.9 Å². The molecule has 3 aromatic rings. The van der Waals surface area contributed by atoms with Crippen molar-refractivity contribution in [1.82, 2.24) is 4.90 Å². The normalized spacial score (nSPS) is 16.0. The number of urea groups is 1. The Balaban J connectivity index is 1.36. The van der Waals surface area contributed by atoms with Crippen molar-refractivity contribution in [2.45, 2.75) is 33.1 Å². The fourth-order valence-corrected chi connectivity index (χ4v) is 5.03. The Kier molecular flexibility index (Phi) is 9.80. The van der Waals surface area contributed by atoms with Crippen LogP contribution in [0, 0.1) is 12.8 Å². The Bertz CT molecular complexity index is 1460. The highest BCUT2D eigenvalue weighted by atomic mass is 16.5. The molecule has 1 heterocycles. The maximum absolute atomic E-state index is 12.8. The first kappa shape index (κ1) is 30.1. The van der Waals surface area contributed by atoms with Crippen LogP contribution in [0.25, 0.3) is 0 Å². The Labute approximate surface area is 245 Å². The molecule has 0 saturated carbocycles. The molecule has 3 N–H and O–H groups in total. The quantitative estimate of drug-likeness (QED) is 0.312. The van der Waals surface area contributed by atoms with E-state index in [1.54, 1.807) is 42.2 Å². The van der Waals surface area contributed by atoms with Crippen LogP contribution in [0.3, 0.4) is 0 Å². The third-order valence-corrected chi connectivity index (χ3v) is 7.25. The lowest BCUT2D eigenvalue weighted by atomic mass is 9.89. The predicted molar refractivity (Wildman–Crippen MR) is 161 cm³/mol. The van der Waals surface area contributed by atoms with Crippen LogP contribution in [0.4, 0.5) is 21.9 Å². The van der Waals surface area contributed by atoms with Gasteiger partial charge in [0.2, 0.25) is 11.8 Å². The van der Waals surface area contributed by atoms with Gasteiger partial charge in [0, 0.05) is 37.3 Å². The van der Waals surface area contributed by atoms with E-state index in [2.05, 4.69) is 16.0 Å². The molecule has 2 atom stereocenters. The molecular formula is C32H36N4O6. The SMILES string of the molecule is CCOC(=O)C1CN(C(C)=O)CC1c1ccc(NC(=O)Cc2ccc(NC(=O)Nc3ccccc3C)c(OC)c2)cc1. The number of carbonyl (C=O) groups excluding carboxylic acids is 4. The lowest BCUT2D eigenvalue weighted by Gasteiger charge is -2.17. The molecule has 4 rings (SSSR count). The molecular weight excluding hydrogens is 536 g/mol. The first-order chi connectivity index (χ1) is 20.2. The molecule has 3 aromatic carbocycles. The second kappa shape index (κ2) is 13.7. The second-order valence-electron chi connectivity index (χ2n) is 10.2. The summed E-state index contributed by atoms with van der Waals surface area (Å²) in [5.41, 5.74) is 4.33. The summed E-state index contributed by atoms with van der Waals surface area (Å²) in [6.45, 7) is 6.20. The van der Waals surface area contributed by atoms with Gasteiger partial charge in [-0.25, -0.2) is 4.79 Å². The van der Waals surface area contributed by atoms with Gasteiger partial charge in [-0.2, -0.15) is 0 Å². The van der Waals surface area contributed by atoms with Crippen molar-refractivity contribution in [2.24, 2.45) is 5.92 Å². The molecule has 10 nitrogen and oxygen atoms in total.